The van der Waals surface area contributed by atoms with Gasteiger partial charge in [0.1, 0.15) is 5.82 Å². The average molecular weight is 235 g/mol. The molecule has 2 rings (SSSR count). The number of nitrogens with two attached hydrogens (primary N) is 1. The SMILES string of the molecule is CCC1(C(=O)c2ccc(N)c(F)c2)CCCC1. The molecule has 0 atom stereocenters. The van der Waals surface area contributed by atoms with Gasteiger partial charge in [-0.1, -0.05) is 19.8 Å². The van der Waals surface area contributed by atoms with Gasteiger partial charge in [-0.05, 0) is 37.5 Å². The van der Waals surface area contributed by atoms with Crippen LogP contribution in [0.25, 0.3) is 0 Å². The van der Waals surface area contributed by atoms with E-state index in [2.05, 4.69) is 0 Å². The van der Waals surface area contributed by atoms with Crippen LogP contribution in [-0.4, -0.2) is 5.78 Å². The summed E-state index contributed by atoms with van der Waals surface area (Å²) in [4.78, 5) is 12.5. The highest BCUT2D eigenvalue weighted by Crippen LogP contribution is 2.43. The van der Waals surface area contributed by atoms with Crippen LogP contribution in [0.1, 0.15) is 49.4 Å². The third kappa shape index (κ3) is 2.06. The van der Waals surface area contributed by atoms with Gasteiger partial charge in [0.2, 0.25) is 0 Å². The maximum Gasteiger partial charge on any atom is 0.169 e. The van der Waals surface area contributed by atoms with Crippen molar-refractivity contribution in [2.45, 2.75) is 39.0 Å². The van der Waals surface area contributed by atoms with Crippen molar-refractivity contribution in [1.82, 2.24) is 0 Å². The van der Waals surface area contributed by atoms with Gasteiger partial charge >= 0.3 is 0 Å². The van der Waals surface area contributed by atoms with Crippen LogP contribution in [0, 0.1) is 11.2 Å². The Bertz CT molecular complexity index is 436. The Morgan fingerprint density at radius 2 is 2.06 bits per heavy atom. The van der Waals surface area contributed by atoms with E-state index in [1.165, 1.54) is 12.1 Å². The predicted molar refractivity (Wildman–Crippen MR) is 66.3 cm³/mol. The van der Waals surface area contributed by atoms with Gasteiger partial charge in [-0.2, -0.15) is 0 Å². The third-order valence-electron chi connectivity index (χ3n) is 3.98. The number of Topliss-reactive ketones (excluding diaryl/α,β-unsaturated/α-hetero) is 1. The number of rotatable bonds is 3. The molecule has 2 N–H and O–H groups in total. The molecule has 0 amide bonds. The number of benzene rings is 1. The standard InChI is InChI=1S/C14H18FNO/c1-2-14(7-3-4-8-14)13(17)10-5-6-12(16)11(15)9-10/h5-6,9H,2-4,7-8,16H2,1H3. The second-order valence-electron chi connectivity index (χ2n) is 4.91. The van der Waals surface area contributed by atoms with E-state index in [1.54, 1.807) is 6.07 Å². The molecule has 1 aromatic carbocycles. The van der Waals surface area contributed by atoms with Crippen LogP contribution >= 0.6 is 0 Å². The summed E-state index contributed by atoms with van der Waals surface area (Å²) in [6.07, 6.45) is 4.87. The van der Waals surface area contributed by atoms with E-state index in [0.717, 1.165) is 32.1 Å². The van der Waals surface area contributed by atoms with Crippen molar-refractivity contribution in [2.24, 2.45) is 5.41 Å². The molecule has 2 nitrogen and oxygen atoms in total. The smallest absolute Gasteiger partial charge is 0.169 e. The van der Waals surface area contributed by atoms with Crippen LogP contribution in [0.15, 0.2) is 18.2 Å². The first-order valence-corrected chi connectivity index (χ1v) is 6.19. The molecule has 0 aliphatic heterocycles. The molecule has 0 bridgehead atoms. The number of nitrogen functional groups attached to an aromatic ring is 1. The molecule has 0 spiro atoms. The summed E-state index contributed by atoms with van der Waals surface area (Å²) < 4.78 is 13.4. The quantitative estimate of drug-likeness (QED) is 0.643. The number of anilines is 1. The maximum absolute atomic E-state index is 13.4. The average Bonchev–Trinajstić information content (AvgIpc) is 2.81. The number of carbonyl (C=O) groups excluding carboxylic acids is 1. The molecule has 17 heavy (non-hydrogen) atoms. The summed E-state index contributed by atoms with van der Waals surface area (Å²) in [6.45, 7) is 2.04. The molecule has 0 saturated heterocycles. The van der Waals surface area contributed by atoms with E-state index in [-0.39, 0.29) is 16.9 Å². The second kappa shape index (κ2) is 4.47. The van der Waals surface area contributed by atoms with Crippen molar-refractivity contribution < 1.29 is 9.18 Å². The number of ketones is 1. The predicted octanol–water partition coefficient (Wildman–Crippen LogP) is 3.56. The van der Waals surface area contributed by atoms with Crippen LogP contribution < -0.4 is 5.73 Å². The molecular formula is C14H18FNO. The van der Waals surface area contributed by atoms with Crippen molar-refractivity contribution in [3.63, 3.8) is 0 Å². The monoisotopic (exact) mass is 235 g/mol. The number of carbonyl (C=O) groups is 1. The van der Waals surface area contributed by atoms with E-state index in [9.17, 15) is 9.18 Å². The summed E-state index contributed by atoms with van der Waals surface area (Å²) >= 11 is 0. The molecule has 0 heterocycles. The van der Waals surface area contributed by atoms with Crippen LogP contribution in [0.3, 0.4) is 0 Å². The van der Waals surface area contributed by atoms with E-state index < -0.39 is 5.82 Å². The van der Waals surface area contributed by atoms with Crippen molar-refractivity contribution >= 4 is 11.5 Å². The highest BCUT2D eigenvalue weighted by molar-refractivity contribution is 6.00. The number of hydrogen-bond acceptors (Lipinski definition) is 2. The molecule has 3 heteroatoms. The minimum atomic E-state index is -0.500. The lowest BCUT2D eigenvalue weighted by atomic mass is 9.76. The molecule has 1 aliphatic carbocycles. The first kappa shape index (κ1) is 12.1. The van der Waals surface area contributed by atoms with E-state index in [1.807, 2.05) is 6.92 Å². The fraction of sp³-hybridized carbons (Fsp3) is 0.500. The minimum Gasteiger partial charge on any atom is -0.396 e. The van der Waals surface area contributed by atoms with Gasteiger partial charge in [0, 0.05) is 11.0 Å². The first-order valence-electron chi connectivity index (χ1n) is 6.19. The summed E-state index contributed by atoms with van der Waals surface area (Å²) in [5.41, 5.74) is 5.71. The van der Waals surface area contributed by atoms with Crippen molar-refractivity contribution in [1.29, 1.82) is 0 Å². The first-order chi connectivity index (χ1) is 8.09. The van der Waals surface area contributed by atoms with E-state index in [0.29, 0.717) is 5.56 Å². The molecular weight excluding hydrogens is 217 g/mol. The fourth-order valence-electron chi connectivity index (χ4n) is 2.77. The van der Waals surface area contributed by atoms with Crippen molar-refractivity contribution in [3.8, 4) is 0 Å². The van der Waals surface area contributed by atoms with Gasteiger partial charge < -0.3 is 5.73 Å². The van der Waals surface area contributed by atoms with Crippen molar-refractivity contribution in [3.05, 3.63) is 29.6 Å². The molecule has 1 fully saturated rings. The Balaban J connectivity index is 2.32. The largest absolute Gasteiger partial charge is 0.396 e. The summed E-state index contributed by atoms with van der Waals surface area (Å²) in [7, 11) is 0. The van der Waals surface area contributed by atoms with Gasteiger partial charge in [0.15, 0.2) is 5.78 Å². The Kier molecular flexibility index (Phi) is 3.18. The highest BCUT2D eigenvalue weighted by atomic mass is 19.1. The summed E-state index contributed by atoms with van der Waals surface area (Å²) in [6, 6.07) is 4.38. The van der Waals surface area contributed by atoms with Crippen LogP contribution in [-0.2, 0) is 0 Å². The Labute approximate surface area is 101 Å². The van der Waals surface area contributed by atoms with Crippen LogP contribution in [0.2, 0.25) is 0 Å². The fourth-order valence-corrected chi connectivity index (χ4v) is 2.77. The van der Waals surface area contributed by atoms with Gasteiger partial charge in [-0.3, -0.25) is 4.79 Å². The lowest BCUT2D eigenvalue weighted by Gasteiger charge is -2.25. The molecule has 0 radical (unpaired) electrons. The van der Waals surface area contributed by atoms with Gasteiger partial charge in [-0.15, -0.1) is 0 Å². The van der Waals surface area contributed by atoms with Crippen molar-refractivity contribution in [2.75, 3.05) is 5.73 Å². The Morgan fingerprint density at radius 1 is 1.41 bits per heavy atom. The lowest BCUT2D eigenvalue weighted by Crippen LogP contribution is -2.27. The number of hydrogen-bond donors (Lipinski definition) is 1. The Morgan fingerprint density at radius 3 is 2.59 bits per heavy atom. The topological polar surface area (TPSA) is 43.1 Å². The zero-order chi connectivity index (χ0) is 12.5. The zero-order valence-electron chi connectivity index (χ0n) is 10.1. The molecule has 1 aromatic rings. The second-order valence-corrected chi connectivity index (χ2v) is 4.91. The molecule has 1 saturated carbocycles. The lowest BCUT2D eigenvalue weighted by molar-refractivity contribution is 0.0791. The van der Waals surface area contributed by atoms with E-state index in [4.69, 9.17) is 5.73 Å². The third-order valence-corrected chi connectivity index (χ3v) is 3.98. The van der Waals surface area contributed by atoms with Gasteiger partial charge in [0.05, 0.1) is 5.69 Å². The van der Waals surface area contributed by atoms with Crippen LogP contribution in [0.5, 0.6) is 0 Å². The highest BCUT2D eigenvalue weighted by Gasteiger charge is 2.39. The summed E-state index contributed by atoms with van der Waals surface area (Å²) in [5, 5.41) is 0. The van der Waals surface area contributed by atoms with Gasteiger partial charge in [-0.25, -0.2) is 4.39 Å². The minimum absolute atomic E-state index is 0.0800. The van der Waals surface area contributed by atoms with E-state index >= 15 is 0 Å². The normalized spacial score (nSPS) is 18.2. The molecule has 1 aliphatic rings. The molecule has 0 aromatic heterocycles. The Hall–Kier alpha value is -1.38. The van der Waals surface area contributed by atoms with Crippen LogP contribution in [0.4, 0.5) is 10.1 Å². The van der Waals surface area contributed by atoms with Gasteiger partial charge in [0.25, 0.3) is 0 Å². The maximum atomic E-state index is 13.4. The number of halogens is 1. The zero-order valence-corrected chi connectivity index (χ0v) is 10.1. The molecule has 92 valence electrons. The molecule has 0 unspecified atom stereocenters. The summed E-state index contributed by atoms with van der Waals surface area (Å²) in [5.74, 6) is -0.420.